The van der Waals surface area contributed by atoms with E-state index in [9.17, 15) is 4.79 Å². The zero-order chi connectivity index (χ0) is 4.12. The monoisotopic (exact) mass is 114 g/mol. The van der Waals surface area contributed by atoms with E-state index in [1.165, 1.54) is 0 Å². The standard InChI is InChI=1S/C3H4ClO.Na/c4-2-1-3-5;/h1-2H2;/q-1;+1. The summed E-state index contributed by atoms with van der Waals surface area (Å²) in [6.07, 6.45) is 1.98. The van der Waals surface area contributed by atoms with Crippen molar-refractivity contribution in [3.8, 4) is 0 Å². The normalized spacial score (nSPS) is 6.17. The van der Waals surface area contributed by atoms with Crippen molar-refractivity contribution in [1.82, 2.24) is 0 Å². The van der Waals surface area contributed by atoms with Gasteiger partial charge in [-0.3, -0.25) is 6.29 Å². The predicted octanol–water partition coefficient (Wildman–Crippen LogP) is -2.27. The quantitative estimate of drug-likeness (QED) is 0.225. The first-order valence-corrected chi connectivity index (χ1v) is 1.86. The Morgan fingerprint density at radius 2 is 2.17 bits per heavy atom. The maximum atomic E-state index is 9.20. The van der Waals surface area contributed by atoms with E-state index in [0.29, 0.717) is 12.3 Å². The van der Waals surface area contributed by atoms with Crippen LogP contribution in [0.2, 0.25) is 0 Å². The predicted molar refractivity (Wildman–Crippen MR) is 21.0 cm³/mol. The minimum absolute atomic E-state index is 0. The molecule has 0 aromatic heterocycles. The van der Waals surface area contributed by atoms with E-state index in [2.05, 4.69) is 0 Å². The molecule has 0 bridgehead atoms. The van der Waals surface area contributed by atoms with Gasteiger partial charge < -0.3 is 4.79 Å². The molecule has 0 amide bonds. The van der Waals surface area contributed by atoms with Crippen LogP contribution in [0, 0.1) is 0 Å². The smallest absolute Gasteiger partial charge is 0.542 e. The van der Waals surface area contributed by atoms with Crippen molar-refractivity contribution in [2.24, 2.45) is 0 Å². The van der Waals surface area contributed by atoms with Crippen LogP contribution in [-0.2, 0) is 4.79 Å². The minimum Gasteiger partial charge on any atom is -0.542 e. The Bertz CT molecular complexity index is 32.0. The van der Waals surface area contributed by atoms with E-state index in [4.69, 9.17) is 11.6 Å². The molecule has 0 rings (SSSR count). The second-order valence-corrected chi connectivity index (χ2v) is 0.961. The Balaban J connectivity index is 0. The molecule has 3 heteroatoms. The van der Waals surface area contributed by atoms with Gasteiger partial charge in [-0.15, -0.1) is 18.0 Å². The fourth-order valence-corrected chi connectivity index (χ4v) is 0.116. The third-order valence-electron chi connectivity index (χ3n) is 0.197. The number of alkyl halides is 1. The fraction of sp³-hybridized carbons (Fsp3) is 0.667. The molecule has 0 aromatic rings. The van der Waals surface area contributed by atoms with Gasteiger partial charge in [0.15, 0.2) is 0 Å². The van der Waals surface area contributed by atoms with Gasteiger partial charge >= 0.3 is 29.6 Å². The minimum atomic E-state index is 0. The molecule has 0 saturated heterocycles. The maximum Gasteiger partial charge on any atom is 1.00 e. The molecule has 1 nitrogen and oxygen atoms in total. The number of carbonyl (C=O) groups excluding carboxylic acids is 1. The summed E-state index contributed by atoms with van der Waals surface area (Å²) in [6.45, 7) is 0. The second-order valence-electron chi connectivity index (χ2n) is 0.583. The molecule has 0 heterocycles. The molecule has 0 spiro atoms. The number of halogens is 1. The zero-order valence-corrected chi connectivity index (χ0v) is 6.46. The molecule has 0 radical (unpaired) electrons. The Morgan fingerprint density at radius 1 is 1.67 bits per heavy atom. The summed E-state index contributed by atoms with van der Waals surface area (Å²) >= 11 is 5.04. The molecule has 0 aliphatic carbocycles. The molecule has 6 heavy (non-hydrogen) atoms. The number of hydrogen-bond acceptors (Lipinski definition) is 1. The van der Waals surface area contributed by atoms with Crippen molar-refractivity contribution >= 4 is 17.9 Å². The Kier molecular flexibility index (Phi) is 15.7. The Labute approximate surface area is 64.3 Å². The van der Waals surface area contributed by atoms with Crippen LogP contribution in [0.3, 0.4) is 0 Å². The van der Waals surface area contributed by atoms with Crippen LogP contribution in [0.5, 0.6) is 0 Å². The first-order valence-electron chi connectivity index (χ1n) is 1.32. The largest absolute Gasteiger partial charge is 1.00 e. The molecule has 0 aliphatic rings. The summed E-state index contributed by atoms with van der Waals surface area (Å²) in [5, 5.41) is 0. The van der Waals surface area contributed by atoms with Gasteiger partial charge in [-0.05, 0) is 5.88 Å². The van der Waals surface area contributed by atoms with Gasteiger partial charge in [0, 0.05) is 0 Å². The molecule has 0 N–H and O–H groups in total. The van der Waals surface area contributed by atoms with E-state index in [-0.39, 0.29) is 29.6 Å². The van der Waals surface area contributed by atoms with E-state index in [1.54, 1.807) is 6.29 Å². The average molecular weight is 115 g/mol. The molecule has 0 atom stereocenters. The van der Waals surface area contributed by atoms with Crippen molar-refractivity contribution in [3.05, 3.63) is 0 Å². The van der Waals surface area contributed by atoms with Crippen LogP contribution in [0.15, 0.2) is 0 Å². The summed E-state index contributed by atoms with van der Waals surface area (Å²) in [4.78, 5) is 9.20. The van der Waals surface area contributed by atoms with Gasteiger partial charge in [0.1, 0.15) is 0 Å². The van der Waals surface area contributed by atoms with E-state index >= 15 is 0 Å². The Hall–Kier alpha value is 0.960. The van der Waals surface area contributed by atoms with Gasteiger partial charge in [0.25, 0.3) is 0 Å². The maximum absolute atomic E-state index is 9.20. The van der Waals surface area contributed by atoms with Crippen LogP contribution in [0.25, 0.3) is 0 Å². The number of hydrogen-bond donors (Lipinski definition) is 0. The summed E-state index contributed by atoms with van der Waals surface area (Å²) in [5.41, 5.74) is 0. The number of rotatable bonds is 2. The van der Waals surface area contributed by atoms with Gasteiger partial charge in [-0.25, -0.2) is 0 Å². The van der Waals surface area contributed by atoms with Crippen molar-refractivity contribution in [2.45, 2.75) is 6.42 Å². The molecule has 0 fully saturated rings. The molecule has 30 valence electrons. The van der Waals surface area contributed by atoms with Crippen LogP contribution in [-0.4, -0.2) is 12.2 Å². The van der Waals surface area contributed by atoms with Crippen LogP contribution in [0.1, 0.15) is 6.42 Å². The van der Waals surface area contributed by atoms with Crippen LogP contribution >= 0.6 is 11.6 Å². The van der Waals surface area contributed by atoms with Gasteiger partial charge in [0.2, 0.25) is 0 Å². The van der Waals surface area contributed by atoms with E-state index in [0.717, 1.165) is 0 Å². The molecule has 0 unspecified atom stereocenters. The topological polar surface area (TPSA) is 17.1 Å². The van der Waals surface area contributed by atoms with E-state index < -0.39 is 0 Å². The summed E-state index contributed by atoms with van der Waals surface area (Å²) in [7, 11) is 0. The first kappa shape index (κ1) is 10.0. The zero-order valence-electron chi connectivity index (χ0n) is 3.70. The van der Waals surface area contributed by atoms with Crippen molar-refractivity contribution in [1.29, 1.82) is 0 Å². The SMILES string of the molecule is O=[C-]CCCl.[Na+]. The van der Waals surface area contributed by atoms with E-state index in [1.807, 2.05) is 0 Å². The molecular formula is C3H4ClNaO. The summed E-state index contributed by atoms with van der Waals surface area (Å²) in [6, 6.07) is 0. The van der Waals surface area contributed by atoms with Gasteiger partial charge in [-0.1, -0.05) is 0 Å². The van der Waals surface area contributed by atoms with Crippen molar-refractivity contribution in [2.75, 3.05) is 5.88 Å². The third kappa shape index (κ3) is 8.88. The van der Waals surface area contributed by atoms with Crippen molar-refractivity contribution in [3.63, 3.8) is 0 Å². The Morgan fingerprint density at radius 3 is 2.17 bits per heavy atom. The first-order chi connectivity index (χ1) is 2.41. The molecule has 0 aromatic carbocycles. The molecule has 0 aliphatic heterocycles. The van der Waals surface area contributed by atoms with Gasteiger partial charge in [-0.2, -0.15) is 0 Å². The second kappa shape index (κ2) is 9.35. The third-order valence-corrected chi connectivity index (χ3v) is 0.386. The van der Waals surface area contributed by atoms with Crippen LogP contribution < -0.4 is 29.6 Å². The molecular weight excluding hydrogens is 110 g/mol. The van der Waals surface area contributed by atoms with Crippen LogP contribution in [0.4, 0.5) is 0 Å². The van der Waals surface area contributed by atoms with Gasteiger partial charge in [0.05, 0.1) is 0 Å². The summed E-state index contributed by atoms with van der Waals surface area (Å²) in [5.74, 6) is 0.392. The van der Waals surface area contributed by atoms with Crippen molar-refractivity contribution < 1.29 is 34.4 Å². The average Bonchev–Trinajstić information content (AvgIpc) is 1.41. The molecule has 0 saturated carbocycles. The summed E-state index contributed by atoms with van der Waals surface area (Å²) < 4.78 is 0. The fourth-order valence-electron chi connectivity index (χ4n) is 0.0386.